The highest BCUT2D eigenvalue weighted by Crippen LogP contribution is 2.11. The molecule has 4 heteroatoms. The van der Waals surface area contributed by atoms with Crippen LogP contribution >= 0.6 is 0 Å². The molecule has 0 saturated heterocycles. The standard InChI is InChI=1S/C14H19N3O/c1-4-6-12-9-11-7-5-8-15-13(11)17(14(12)18)16-10(2)3/h5,7-10,16H,4,6H2,1-3H3. The van der Waals surface area contributed by atoms with Gasteiger partial charge in [0.25, 0.3) is 5.56 Å². The molecule has 2 aromatic rings. The molecule has 0 radical (unpaired) electrons. The van der Waals surface area contributed by atoms with Crippen molar-refractivity contribution in [1.29, 1.82) is 0 Å². The van der Waals surface area contributed by atoms with Crippen LogP contribution in [0.1, 0.15) is 32.8 Å². The van der Waals surface area contributed by atoms with Crippen molar-refractivity contribution in [2.75, 3.05) is 5.43 Å². The maximum atomic E-state index is 12.4. The molecule has 0 aliphatic carbocycles. The number of pyridine rings is 2. The predicted octanol–water partition coefficient (Wildman–Crippen LogP) is 2.30. The van der Waals surface area contributed by atoms with Crippen LogP contribution in [0.25, 0.3) is 11.0 Å². The summed E-state index contributed by atoms with van der Waals surface area (Å²) in [5, 5.41) is 0.994. The average Bonchev–Trinajstić information content (AvgIpc) is 2.34. The number of nitrogens with one attached hydrogen (secondary N) is 1. The van der Waals surface area contributed by atoms with Gasteiger partial charge in [0.2, 0.25) is 0 Å². The molecule has 1 N–H and O–H groups in total. The largest absolute Gasteiger partial charge is 0.319 e. The fraction of sp³-hybridized carbons (Fsp3) is 0.429. The zero-order valence-electron chi connectivity index (χ0n) is 11.1. The average molecular weight is 245 g/mol. The van der Waals surface area contributed by atoms with Crippen LogP contribution in [0.4, 0.5) is 0 Å². The van der Waals surface area contributed by atoms with Crippen molar-refractivity contribution in [3.63, 3.8) is 0 Å². The molecule has 2 aromatic heterocycles. The second kappa shape index (κ2) is 5.21. The number of fused-ring (bicyclic) bond motifs is 1. The first-order chi connectivity index (χ1) is 8.63. The Bertz CT molecular complexity index is 602. The van der Waals surface area contributed by atoms with Gasteiger partial charge in [0, 0.05) is 23.2 Å². The number of rotatable bonds is 4. The quantitative estimate of drug-likeness (QED) is 0.899. The first-order valence-corrected chi connectivity index (χ1v) is 6.39. The molecule has 0 aromatic carbocycles. The normalized spacial score (nSPS) is 11.1. The Kier molecular flexibility index (Phi) is 3.65. The fourth-order valence-electron chi connectivity index (χ4n) is 2.02. The van der Waals surface area contributed by atoms with Crippen LogP contribution in [0.15, 0.2) is 29.2 Å². The Morgan fingerprint density at radius 3 is 2.89 bits per heavy atom. The van der Waals surface area contributed by atoms with E-state index in [2.05, 4.69) is 17.3 Å². The van der Waals surface area contributed by atoms with E-state index < -0.39 is 0 Å². The van der Waals surface area contributed by atoms with E-state index in [1.54, 1.807) is 10.9 Å². The van der Waals surface area contributed by atoms with Crippen molar-refractivity contribution < 1.29 is 0 Å². The highest BCUT2D eigenvalue weighted by molar-refractivity contribution is 5.75. The Labute approximate surface area is 107 Å². The third kappa shape index (κ3) is 2.37. The van der Waals surface area contributed by atoms with E-state index in [1.807, 2.05) is 32.0 Å². The summed E-state index contributed by atoms with van der Waals surface area (Å²) in [5.41, 5.74) is 4.70. The topological polar surface area (TPSA) is 46.9 Å². The van der Waals surface area contributed by atoms with Crippen LogP contribution < -0.4 is 11.0 Å². The number of hydrogen-bond donors (Lipinski definition) is 1. The molecule has 0 fully saturated rings. The second-order valence-corrected chi connectivity index (χ2v) is 4.76. The molecule has 18 heavy (non-hydrogen) atoms. The van der Waals surface area contributed by atoms with Gasteiger partial charge in [-0.25, -0.2) is 9.66 Å². The van der Waals surface area contributed by atoms with Crippen LogP contribution in [0.5, 0.6) is 0 Å². The lowest BCUT2D eigenvalue weighted by molar-refractivity contribution is 0.719. The van der Waals surface area contributed by atoms with Gasteiger partial charge in [-0.15, -0.1) is 0 Å². The lowest BCUT2D eigenvalue weighted by atomic mass is 10.1. The maximum absolute atomic E-state index is 12.4. The van der Waals surface area contributed by atoms with E-state index in [4.69, 9.17) is 0 Å². The minimum atomic E-state index is 0.0109. The summed E-state index contributed by atoms with van der Waals surface area (Å²) in [5.74, 6) is 0. The number of aryl methyl sites for hydroxylation is 1. The molecule has 0 aliphatic rings. The van der Waals surface area contributed by atoms with Gasteiger partial charge < -0.3 is 5.43 Å². The van der Waals surface area contributed by atoms with Crippen molar-refractivity contribution in [3.05, 3.63) is 40.3 Å². The molecule has 0 saturated carbocycles. The van der Waals surface area contributed by atoms with E-state index in [-0.39, 0.29) is 11.6 Å². The first-order valence-electron chi connectivity index (χ1n) is 6.39. The van der Waals surface area contributed by atoms with E-state index in [1.165, 1.54) is 0 Å². The summed E-state index contributed by atoms with van der Waals surface area (Å²) in [6.07, 6.45) is 3.46. The van der Waals surface area contributed by atoms with Crippen LogP contribution in [0, 0.1) is 0 Å². The van der Waals surface area contributed by atoms with Gasteiger partial charge in [-0.05, 0) is 38.5 Å². The minimum absolute atomic E-state index is 0.0109. The van der Waals surface area contributed by atoms with Crippen LogP contribution in [-0.4, -0.2) is 15.7 Å². The summed E-state index contributed by atoms with van der Waals surface area (Å²) in [6, 6.07) is 6.01. The molecule has 0 atom stereocenters. The van der Waals surface area contributed by atoms with Gasteiger partial charge in [0.15, 0.2) is 5.65 Å². The smallest absolute Gasteiger partial charge is 0.274 e. The Balaban J connectivity index is 2.69. The molecule has 4 nitrogen and oxygen atoms in total. The molecule has 0 spiro atoms. The molecule has 96 valence electrons. The van der Waals surface area contributed by atoms with E-state index >= 15 is 0 Å². The van der Waals surface area contributed by atoms with Crippen LogP contribution in [-0.2, 0) is 6.42 Å². The zero-order valence-corrected chi connectivity index (χ0v) is 11.1. The molecule has 0 unspecified atom stereocenters. The molecule has 0 aliphatic heterocycles. The van der Waals surface area contributed by atoms with Gasteiger partial charge in [0.05, 0.1) is 0 Å². The maximum Gasteiger partial charge on any atom is 0.274 e. The van der Waals surface area contributed by atoms with Crippen LogP contribution in [0.3, 0.4) is 0 Å². The lowest BCUT2D eigenvalue weighted by Gasteiger charge is -2.16. The number of hydrogen-bond acceptors (Lipinski definition) is 3. The van der Waals surface area contributed by atoms with Gasteiger partial charge in [-0.3, -0.25) is 4.79 Å². The van der Waals surface area contributed by atoms with Gasteiger partial charge in [-0.1, -0.05) is 13.3 Å². The molecule has 0 amide bonds. The minimum Gasteiger partial charge on any atom is -0.319 e. The van der Waals surface area contributed by atoms with Crippen molar-refractivity contribution >= 4 is 11.0 Å². The number of aromatic nitrogens is 2. The van der Waals surface area contributed by atoms with Crippen molar-refractivity contribution in [3.8, 4) is 0 Å². The Hall–Kier alpha value is -1.84. The fourth-order valence-corrected chi connectivity index (χ4v) is 2.02. The van der Waals surface area contributed by atoms with Crippen molar-refractivity contribution in [2.45, 2.75) is 39.7 Å². The van der Waals surface area contributed by atoms with E-state index in [0.717, 1.165) is 23.8 Å². The highest BCUT2D eigenvalue weighted by Gasteiger charge is 2.09. The third-order valence-electron chi connectivity index (χ3n) is 2.74. The summed E-state index contributed by atoms with van der Waals surface area (Å²) in [4.78, 5) is 16.7. The molecule has 0 bridgehead atoms. The molecular formula is C14H19N3O. The van der Waals surface area contributed by atoms with E-state index in [9.17, 15) is 4.79 Å². The molecule has 2 rings (SSSR count). The summed E-state index contributed by atoms with van der Waals surface area (Å²) >= 11 is 0. The monoisotopic (exact) mass is 245 g/mol. The summed E-state index contributed by atoms with van der Waals surface area (Å²) in [6.45, 7) is 6.09. The molecular weight excluding hydrogens is 226 g/mol. The van der Waals surface area contributed by atoms with Crippen molar-refractivity contribution in [2.24, 2.45) is 0 Å². The van der Waals surface area contributed by atoms with Crippen molar-refractivity contribution in [1.82, 2.24) is 9.66 Å². The first kappa shape index (κ1) is 12.6. The van der Waals surface area contributed by atoms with Gasteiger partial charge >= 0.3 is 0 Å². The summed E-state index contributed by atoms with van der Waals surface area (Å²) in [7, 11) is 0. The highest BCUT2D eigenvalue weighted by atomic mass is 16.1. The Morgan fingerprint density at radius 1 is 1.44 bits per heavy atom. The summed E-state index contributed by atoms with van der Waals surface area (Å²) < 4.78 is 1.57. The van der Waals surface area contributed by atoms with Crippen LogP contribution in [0.2, 0.25) is 0 Å². The molecule has 2 heterocycles. The second-order valence-electron chi connectivity index (χ2n) is 4.76. The van der Waals surface area contributed by atoms with Gasteiger partial charge in [-0.2, -0.15) is 0 Å². The van der Waals surface area contributed by atoms with Gasteiger partial charge in [0.1, 0.15) is 0 Å². The third-order valence-corrected chi connectivity index (χ3v) is 2.74. The zero-order chi connectivity index (χ0) is 13.1. The van der Waals surface area contributed by atoms with E-state index in [0.29, 0.717) is 5.65 Å². The number of nitrogens with zero attached hydrogens (tertiary/aromatic N) is 2. The predicted molar refractivity (Wildman–Crippen MR) is 74.5 cm³/mol. The Morgan fingerprint density at radius 2 is 2.22 bits per heavy atom. The SMILES string of the molecule is CCCc1cc2cccnc2n(NC(C)C)c1=O. The lowest BCUT2D eigenvalue weighted by Crippen LogP contribution is -2.35.